The molecular formula is C14H18N4O3. The number of nitrogens with one attached hydrogen (secondary N) is 1. The first-order valence-corrected chi connectivity index (χ1v) is 6.66. The van der Waals surface area contributed by atoms with Crippen LogP contribution in [0.4, 0.5) is 0 Å². The van der Waals surface area contributed by atoms with Crippen molar-refractivity contribution < 1.29 is 9.90 Å². The molecule has 2 rings (SSSR count). The van der Waals surface area contributed by atoms with Crippen molar-refractivity contribution in [2.75, 3.05) is 0 Å². The molecule has 2 atom stereocenters. The molecule has 0 radical (unpaired) electrons. The van der Waals surface area contributed by atoms with Gasteiger partial charge < -0.3 is 10.1 Å². The summed E-state index contributed by atoms with van der Waals surface area (Å²) in [6.45, 7) is 6.81. The number of H-pyrrole nitrogens is 1. The van der Waals surface area contributed by atoms with Crippen LogP contribution in [0.3, 0.4) is 0 Å². The summed E-state index contributed by atoms with van der Waals surface area (Å²) < 4.78 is 1.47. The largest absolute Gasteiger partial charge is 0.481 e. The van der Waals surface area contributed by atoms with Crippen LogP contribution < -0.4 is 5.69 Å². The lowest BCUT2D eigenvalue weighted by Gasteiger charge is -2.21. The van der Waals surface area contributed by atoms with Crippen molar-refractivity contribution in [3.05, 3.63) is 45.7 Å². The molecule has 0 bridgehead atoms. The SMILES string of the molecule is Cc1nc(=O)n(C(C)c2ncc[nH]2)c(C)c1C(C)C(=O)O. The number of aromatic nitrogens is 4. The Hall–Kier alpha value is -2.44. The Bertz CT molecular complexity index is 719. The summed E-state index contributed by atoms with van der Waals surface area (Å²) in [5.41, 5.74) is 1.22. The lowest BCUT2D eigenvalue weighted by atomic mass is 9.98. The zero-order valence-corrected chi connectivity index (χ0v) is 12.4. The molecule has 2 unspecified atom stereocenters. The van der Waals surface area contributed by atoms with Crippen LogP contribution in [0.5, 0.6) is 0 Å². The van der Waals surface area contributed by atoms with Gasteiger partial charge in [-0.15, -0.1) is 0 Å². The van der Waals surface area contributed by atoms with E-state index in [-0.39, 0.29) is 6.04 Å². The Labute approximate surface area is 121 Å². The Morgan fingerprint density at radius 3 is 2.57 bits per heavy atom. The molecule has 0 aliphatic heterocycles. The van der Waals surface area contributed by atoms with Gasteiger partial charge in [0.05, 0.1) is 12.0 Å². The molecule has 0 amide bonds. The smallest absolute Gasteiger partial charge is 0.348 e. The summed E-state index contributed by atoms with van der Waals surface area (Å²) in [6, 6.07) is -0.347. The van der Waals surface area contributed by atoms with Crippen LogP contribution in [-0.2, 0) is 4.79 Å². The summed E-state index contributed by atoms with van der Waals surface area (Å²) in [6.07, 6.45) is 3.28. The molecule has 2 aromatic rings. The molecule has 2 N–H and O–H groups in total. The molecule has 112 valence electrons. The average molecular weight is 290 g/mol. The van der Waals surface area contributed by atoms with E-state index in [0.29, 0.717) is 22.8 Å². The molecule has 2 heterocycles. The van der Waals surface area contributed by atoms with E-state index in [0.717, 1.165) is 0 Å². The number of carboxylic acids is 1. The van der Waals surface area contributed by atoms with E-state index in [1.54, 1.807) is 33.2 Å². The highest BCUT2D eigenvalue weighted by atomic mass is 16.4. The van der Waals surface area contributed by atoms with Gasteiger partial charge in [-0.3, -0.25) is 9.36 Å². The van der Waals surface area contributed by atoms with Crippen molar-refractivity contribution in [1.29, 1.82) is 0 Å². The van der Waals surface area contributed by atoms with Gasteiger partial charge in [0.2, 0.25) is 0 Å². The summed E-state index contributed by atoms with van der Waals surface area (Å²) >= 11 is 0. The fraction of sp³-hybridized carbons (Fsp3) is 0.429. The van der Waals surface area contributed by atoms with Crippen LogP contribution in [0.15, 0.2) is 17.2 Å². The first-order chi connectivity index (χ1) is 9.84. The van der Waals surface area contributed by atoms with E-state index < -0.39 is 17.6 Å². The van der Waals surface area contributed by atoms with Crippen molar-refractivity contribution >= 4 is 5.97 Å². The third-order valence-electron chi connectivity index (χ3n) is 3.72. The molecule has 0 spiro atoms. The standard InChI is InChI=1S/C14H18N4O3/c1-7(13(19)20)11-8(2)17-14(21)18(9(11)3)10(4)12-15-5-6-16-12/h5-7,10H,1-4H3,(H,15,16)(H,19,20). The van der Waals surface area contributed by atoms with Gasteiger partial charge in [0, 0.05) is 29.3 Å². The van der Waals surface area contributed by atoms with Crippen molar-refractivity contribution in [1.82, 2.24) is 19.5 Å². The maximum Gasteiger partial charge on any atom is 0.348 e. The Kier molecular flexibility index (Phi) is 3.93. The molecule has 0 fully saturated rings. The topological polar surface area (TPSA) is 101 Å². The first-order valence-electron chi connectivity index (χ1n) is 6.66. The second kappa shape index (κ2) is 5.51. The number of rotatable bonds is 4. The number of hydrogen-bond acceptors (Lipinski definition) is 4. The van der Waals surface area contributed by atoms with Gasteiger partial charge in [-0.2, -0.15) is 4.98 Å². The Morgan fingerprint density at radius 1 is 1.38 bits per heavy atom. The van der Waals surface area contributed by atoms with Gasteiger partial charge in [0.1, 0.15) is 5.82 Å². The lowest BCUT2D eigenvalue weighted by molar-refractivity contribution is -0.138. The number of carboxylic acid groups (broad SMARTS) is 1. The highest BCUT2D eigenvalue weighted by molar-refractivity contribution is 5.76. The predicted octanol–water partition coefficient (Wildman–Crippen LogP) is 1.38. The average Bonchev–Trinajstić information content (AvgIpc) is 2.91. The van der Waals surface area contributed by atoms with Gasteiger partial charge in [-0.25, -0.2) is 9.78 Å². The van der Waals surface area contributed by atoms with Gasteiger partial charge >= 0.3 is 11.7 Å². The second-order valence-electron chi connectivity index (χ2n) is 5.06. The fourth-order valence-electron chi connectivity index (χ4n) is 2.63. The number of carbonyl (C=O) groups is 1. The van der Waals surface area contributed by atoms with Crippen LogP contribution >= 0.6 is 0 Å². The Morgan fingerprint density at radius 2 is 2.05 bits per heavy atom. The van der Waals surface area contributed by atoms with E-state index in [1.807, 2.05) is 6.92 Å². The zero-order valence-electron chi connectivity index (χ0n) is 12.4. The summed E-state index contributed by atoms with van der Waals surface area (Å²) in [5.74, 6) is -1.05. The zero-order chi connectivity index (χ0) is 15.7. The Balaban J connectivity index is 2.65. The number of hydrogen-bond donors (Lipinski definition) is 2. The maximum atomic E-state index is 12.2. The van der Waals surface area contributed by atoms with E-state index >= 15 is 0 Å². The van der Waals surface area contributed by atoms with Crippen LogP contribution in [0.25, 0.3) is 0 Å². The second-order valence-corrected chi connectivity index (χ2v) is 5.06. The monoisotopic (exact) mass is 290 g/mol. The van der Waals surface area contributed by atoms with E-state index in [2.05, 4.69) is 15.0 Å². The third-order valence-corrected chi connectivity index (χ3v) is 3.72. The number of aryl methyl sites for hydroxylation is 1. The molecule has 7 nitrogen and oxygen atoms in total. The molecular weight excluding hydrogens is 272 g/mol. The highest BCUT2D eigenvalue weighted by Crippen LogP contribution is 2.24. The van der Waals surface area contributed by atoms with Gasteiger partial charge in [-0.05, 0) is 27.7 Å². The molecule has 0 saturated heterocycles. The number of aliphatic carboxylic acids is 1. The minimum Gasteiger partial charge on any atom is -0.481 e. The lowest BCUT2D eigenvalue weighted by Crippen LogP contribution is -2.32. The molecule has 0 saturated carbocycles. The van der Waals surface area contributed by atoms with E-state index in [4.69, 9.17) is 0 Å². The quantitative estimate of drug-likeness (QED) is 0.886. The predicted molar refractivity (Wildman–Crippen MR) is 76.4 cm³/mol. The van der Waals surface area contributed by atoms with Crippen molar-refractivity contribution in [2.24, 2.45) is 0 Å². The van der Waals surface area contributed by atoms with Crippen molar-refractivity contribution in [3.63, 3.8) is 0 Å². The van der Waals surface area contributed by atoms with Gasteiger partial charge in [0.25, 0.3) is 0 Å². The molecule has 0 aliphatic carbocycles. The van der Waals surface area contributed by atoms with E-state index in [1.165, 1.54) is 4.57 Å². The number of nitrogens with zero attached hydrogens (tertiary/aromatic N) is 3. The highest BCUT2D eigenvalue weighted by Gasteiger charge is 2.24. The minimum absolute atomic E-state index is 0.347. The molecule has 2 aromatic heterocycles. The normalized spacial score (nSPS) is 13.9. The fourth-order valence-corrected chi connectivity index (χ4v) is 2.63. The van der Waals surface area contributed by atoms with Gasteiger partial charge in [0.15, 0.2) is 0 Å². The summed E-state index contributed by atoms with van der Waals surface area (Å²) in [5, 5.41) is 9.23. The maximum absolute atomic E-state index is 12.2. The summed E-state index contributed by atoms with van der Waals surface area (Å²) in [4.78, 5) is 34.5. The molecule has 0 aromatic carbocycles. The molecule has 21 heavy (non-hydrogen) atoms. The summed E-state index contributed by atoms with van der Waals surface area (Å²) in [7, 11) is 0. The van der Waals surface area contributed by atoms with Crippen LogP contribution in [-0.4, -0.2) is 30.6 Å². The van der Waals surface area contributed by atoms with Crippen LogP contribution in [0.2, 0.25) is 0 Å². The van der Waals surface area contributed by atoms with Crippen LogP contribution in [0, 0.1) is 13.8 Å². The molecule has 7 heteroatoms. The van der Waals surface area contributed by atoms with Crippen LogP contribution in [0.1, 0.15) is 48.6 Å². The van der Waals surface area contributed by atoms with Crippen molar-refractivity contribution in [3.8, 4) is 0 Å². The number of imidazole rings is 1. The number of aromatic amines is 1. The van der Waals surface area contributed by atoms with Crippen molar-refractivity contribution in [2.45, 2.75) is 39.7 Å². The van der Waals surface area contributed by atoms with Gasteiger partial charge in [-0.1, -0.05) is 0 Å². The first kappa shape index (κ1) is 15.0. The minimum atomic E-state index is -0.946. The molecule has 0 aliphatic rings. The van der Waals surface area contributed by atoms with E-state index in [9.17, 15) is 14.7 Å². The third kappa shape index (κ3) is 2.58.